The van der Waals surface area contributed by atoms with Gasteiger partial charge in [0.1, 0.15) is 22.7 Å². The second-order valence-corrected chi connectivity index (χ2v) is 23.7. The van der Waals surface area contributed by atoms with Crippen LogP contribution in [0.15, 0.2) is 299 Å². The number of rotatable bonds is 11. The molecule has 2 N–H and O–H groups in total. The Labute approximate surface area is 449 Å². The lowest BCUT2D eigenvalue weighted by atomic mass is 10.2. The summed E-state index contributed by atoms with van der Waals surface area (Å²) >= 11 is 1.84. The Kier molecular flexibility index (Phi) is 14.6. The number of fused-ring (bicyclic) bond motifs is 4. The fourth-order valence-corrected chi connectivity index (χ4v) is 14.7. The number of hydrogen-bond acceptors (Lipinski definition) is 5. The van der Waals surface area contributed by atoms with E-state index in [1.165, 1.54) is 86.5 Å². The molecule has 8 heteroatoms. The molecule has 75 heavy (non-hydrogen) atoms. The summed E-state index contributed by atoms with van der Waals surface area (Å²) in [6.45, 7) is 3.16. The van der Waals surface area contributed by atoms with Gasteiger partial charge in [-0.3, -0.25) is 9.80 Å². The van der Waals surface area contributed by atoms with E-state index < -0.39 is 10.0 Å². The summed E-state index contributed by atoms with van der Waals surface area (Å²) in [6, 6.07) is 77.9. The number of thioether (sulfide) groups is 1. The average Bonchev–Trinajstić information content (AvgIpc) is 4.16. The van der Waals surface area contributed by atoms with Gasteiger partial charge in [-0.25, -0.2) is 9.80 Å². The van der Waals surface area contributed by atoms with E-state index in [-0.39, 0.29) is 12.3 Å². The average molecular weight is 1020 g/mol. The lowest BCUT2D eigenvalue weighted by Crippen LogP contribution is -3.06. The maximum Gasteiger partial charge on any atom is 0.196 e. The zero-order valence-electron chi connectivity index (χ0n) is 43.0. The van der Waals surface area contributed by atoms with Crippen molar-refractivity contribution < 1.29 is 9.80 Å². The number of quaternary nitrogens is 2. The third-order valence-corrected chi connectivity index (χ3v) is 18.4. The first-order chi connectivity index (χ1) is 36.9. The molecule has 12 rings (SSSR count). The first-order valence-corrected chi connectivity index (χ1v) is 29.1. The number of allylic oxidation sites excluding steroid dienone is 8. The van der Waals surface area contributed by atoms with E-state index in [9.17, 15) is 0 Å². The van der Waals surface area contributed by atoms with Gasteiger partial charge in [0.2, 0.25) is 0 Å². The van der Waals surface area contributed by atoms with Gasteiger partial charge in [-0.05, 0) is 129 Å². The smallest absolute Gasteiger partial charge is 0.196 e. The molecule has 0 radical (unpaired) electrons. The largest absolute Gasteiger partial charge is 0.339 e. The van der Waals surface area contributed by atoms with Gasteiger partial charge in [-0.1, -0.05) is 170 Å². The van der Waals surface area contributed by atoms with Crippen LogP contribution in [0.2, 0.25) is 0 Å². The third-order valence-electron chi connectivity index (χ3n) is 14.4. The van der Waals surface area contributed by atoms with Crippen molar-refractivity contribution in [2.75, 3.05) is 45.7 Å². The second-order valence-electron chi connectivity index (χ2n) is 19.1. The molecular formula is C67H64N6S2+2. The Morgan fingerprint density at radius 3 is 1.39 bits per heavy atom. The summed E-state index contributed by atoms with van der Waals surface area (Å²) in [5.41, 5.74) is 12.6. The summed E-state index contributed by atoms with van der Waals surface area (Å²) in [7, 11) is 1.16. The summed E-state index contributed by atoms with van der Waals surface area (Å²) in [4.78, 5) is 15.1. The summed E-state index contributed by atoms with van der Waals surface area (Å²) in [5.74, 6) is 0. The minimum absolute atomic E-state index is 0.0926. The highest BCUT2D eigenvalue weighted by Gasteiger charge is 2.43. The van der Waals surface area contributed by atoms with Crippen LogP contribution in [0.1, 0.15) is 6.92 Å². The van der Waals surface area contributed by atoms with Crippen LogP contribution in [0.4, 0.5) is 56.9 Å². The third kappa shape index (κ3) is 9.82. The van der Waals surface area contributed by atoms with Crippen LogP contribution in [-0.2, 0) is 0 Å². The van der Waals surface area contributed by atoms with E-state index in [4.69, 9.17) is 0 Å². The van der Waals surface area contributed by atoms with Crippen LogP contribution in [0.3, 0.4) is 0 Å². The molecule has 0 saturated carbocycles. The number of benzene rings is 8. The van der Waals surface area contributed by atoms with Crippen molar-refractivity contribution in [3.63, 3.8) is 0 Å². The van der Waals surface area contributed by atoms with E-state index in [0.29, 0.717) is 0 Å². The standard InChI is InChI=1S/C34H33N3S.C33H29N3S/c1-35-31-23-15-16-24-32(31)38(2,3)34(35)26-12-6-11-25-33-36(27-17-7-4-8-18-27)29-21-13-14-22-30(29)37(33)28-19-9-5-10-20-28;1-2-34-30-22-14-15-23-31(30)37-33(34)25-11-5-10-24-32-35(26-16-6-3-7-17-26)28-20-12-13-21-29(28)36(32)27-18-8-4-9-19-27/h4-26,33H,1-3H3;3-25,32H,2H2,1H3/p+2/b12-6+,25-11+,34-26-;11-5+,24-10+,33-25-. The number of nitrogens with one attached hydrogen (secondary N) is 2. The predicted octanol–water partition coefficient (Wildman–Crippen LogP) is 15.1. The van der Waals surface area contributed by atoms with Gasteiger partial charge in [0.05, 0.1) is 21.4 Å². The van der Waals surface area contributed by atoms with Crippen LogP contribution < -0.4 is 29.4 Å². The molecule has 372 valence electrons. The van der Waals surface area contributed by atoms with E-state index in [1.54, 1.807) is 0 Å². The monoisotopic (exact) mass is 1020 g/mol. The van der Waals surface area contributed by atoms with Gasteiger partial charge in [-0.2, -0.15) is 10.0 Å². The summed E-state index contributed by atoms with van der Waals surface area (Å²) in [6.07, 6.45) is 27.2. The molecule has 4 aliphatic rings. The fourth-order valence-electron chi connectivity index (χ4n) is 11.0. The molecule has 4 heterocycles. The Bertz CT molecular complexity index is 3310. The predicted molar refractivity (Wildman–Crippen MR) is 322 cm³/mol. The number of nitrogens with zero attached hydrogens (tertiary/aromatic N) is 4. The lowest BCUT2D eigenvalue weighted by molar-refractivity contribution is -0.774. The van der Waals surface area contributed by atoms with Crippen molar-refractivity contribution in [2.24, 2.45) is 0 Å². The number of para-hydroxylation sites is 10. The molecule has 0 aromatic heterocycles. The first-order valence-electron chi connectivity index (χ1n) is 25.8. The Morgan fingerprint density at radius 1 is 0.453 bits per heavy atom. The highest BCUT2D eigenvalue weighted by molar-refractivity contribution is 8.36. The van der Waals surface area contributed by atoms with Crippen LogP contribution in [0.25, 0.3) is 0 Å². The minimum atomic E-state index is -1.02. The Morgan fingerprint density at radius 2 is 0.880 bits per heavy atom. The van der Waals surface area contributed by atoms with Gasteiger partial charge in [0.25, 0.3) is 0 Å². The molecule has 8 aromatic carbocycles. The zero-order chi connectivity index (χ0) is 51.1. The van der Waals surface area contributed by atoms with Crippen LogP contribution in [0, 0.1) is 0 Å². The fraction of sp³-hybridized carbons (Fsp3) is 0.104. The number of hydrogen-bond donors (Lipinski definition) is 2. The van der Waals surface area contributed by atoms with E-state index >= 15 is 0 Å². The normalized spacial score (nSPS) is 20.8. The van der Waals surface area contributed by atoms with Crippen LogP contribution in [-0.4, -0.2) is 38.4 Å². The molecule has 8 aromatic rings. The molecule has 0 aliphatic carbocycles. The van der Waals surface area contributed by atoms with Gasteiger partial charge in [-0.15, -0.1) is 0 Å². The van der Waals surface area contributed by atoms with E-state index in [0.717, 1.165) is 6.54 Å². The Balaban J connectivity index is 0.000000161. The number of anilines is 6. The van der Waals surface area contributed by atoms with Crippen molar-refractivity contribution in [3.05, 3.63) is 289 Å². The van der Waals surface area contributed by atoms with Gasteiger partial charge < -0.3 is 9.80 Å². The molecule has 0 amide bonds. The van der Waals surface area contributed by atoms with Crippen molar-refractivity contribution in [1.29, 1.82) is 0 Å². The Hall–Kier alpha value is -7.98. The van der Waals surface area contributed by atoms with Gasteiger partial charge >= 0.3 is 0 Å². The maximum atomic E-state index is 2.45. The molecular weight excluding hydrogens is 953 g/mol. The van der Waals surface area contributed by atoms with Gasteiger partial charge in [0, 0.05) is 46.9 Å². The topological polar surface area (TPSA) is 21.8 Å². The molecule has 4 unspecified atom stereocenters. The van der Waals surface area contributed by atoms with E-state index in [2.05, 4.69) is 325 Å². The van der Waals surface area contributed by atoms with Crippen LogP contribution in [0.5, 0.6) is 0 Å². The molecule has 6 nitrogen and oxygen atoms in total. The highest BCUT2D eigenvalue weighted by atomic mass is 32.3. The van der Waals surface area contributed by atoms with Gasteiger partial charge in [0.15, 0.2) is 23.7 Å². The molecule has 0 saturated heterocycles. The molecule has 4 atom stereocenters. The molecule has 4 aliphatic heterocycles. The van der Waals surface area contributed by atoms with Crippen molar-refractivity contribution >= 4 is 78.7 Å². The van der Waals surface area contributed by atoms with Crippen LogP contribution >= 0.6 is 21.8 Å². The second kappa shape index (κ2) is 22.2. The summed E-state index contributed by atoms with van der Waals surface area (Å²) < 4.78 is 0. The quantitative estimate of drug-likeness (QED) is 0.126. The van der Waals surface area contributed by atoms with Crippen molar-refractivity contribution in [2.45, 2.75) is 29.0 Å². The van der Waals surface area contributed by atoms with Crippen molar-refractivity contribution in [1.82, 2.24) is 0 Å². The SMILES string of the molecule is CCN1/C(=C/C=C/C=C/C2N(c3ccccc3)c3ccccc3[NH+]2c2ccccc2)Sc2ccccc21.CN1/C(=C/C=C/C=C/C2N(c3ccccc3)c3ccccc3[NH+]2c2ccccc2)S(C)(C)c2ccccc21. The minimum Gasteiger partial charge on any atom is -0.339 e. The first kappa shape index (κ1) is 49.2. The molecule has 0 bridgehead atoms. The molecule has 0 spiro atoms. The lowest BCUT2D eigenvalue weighted by Gasteiger charge is -2.29. The summed E-state index contributed by atoms with van der Waals surface area (Å²) in [5, 5.41) is 2.66. The zero-order valence-corrected chi connectivity index (χ0v) is 44.7. The van der Waals surface area contributed by atoms with Crippen molar-refractivity contribution in [3.8, 4) is 0 Å². The van der Waals surface area contributed by atoms with E-state index in [1.807, 2.05) is 11.8 Å². The highest BCUT2D eigenvalue weighted by Crippen LogP contribution is 2.65. The molecule has 0 fully saturated rings. The maximum absolute atomic E-state index is 2.45.